The van der Waals surface area contributed by atoms with Crippen molar-refractivity contribution in [3.05, 3.63) is 41.6 Å². The average Bonchev–Trinajstić information content (AvgIpc) is 2.55. The van der Waals surface area contributed by atoms with Crippen molar-refractivity contribution in [2.75, 3.05) is 11.9 Å². The fourth-order valence-electron chi connectivity index (χ4n) is 2.60. The molecule has 1 aliphatic heterocycles. The van der Waals surface area contributed by atoms with Crippen molar-refractivity contribution in [3.8, 4) is 0 Å². The van der Waals surface area contributed by atoms with Gasteiger partial charge in [-0.15, -0.1) is 0 Å². The van der Waals surface area contributed by atoms with Gasteiger partial charge in [-0.3, -0.25) is 0 Å². The molecule has 0 unspecified atom stereocenters. The Balaban J connectivity index is 2.29. The molecule has 1 aromatic rings. The lowest BCUT2D eigenvalue weighted by Crippen LogP contribution is -2.23. The Morgan fingerprint density at radius 1 is 1.26 bits per heavy atom. The van der Waals surface area contributed by atoms with Crippen LogP contribution in [0.4, 0.5) is 5.69 Å². The summed E-state index contributed by atoms with van der Waals surface area (Å²) in [6.07, 6.45) is 3.94. The largest absolute Gasteiger partial charge is 0.347 e. The van der Waals surface area contributed by atoms with Crippen LogP contribution in [0.1, 0.15) is 33.3 Å². The minimum atomic E-state index is 0.0230. The Morgan fingerprint density at radius 3 is 2.58 bits per heavy atom. The molecule has 3 heteroatoms. The molecule has 0 aliphatic carbocycles. The molecule has 0 radical (unpaired) electrons. The molecule has 0 fully saturated rings. The topological polar surface area (TPSA) is 27.6 Å². The van der Waals surface area contributed by atoms with Gasteiger partial charge in [0.05, 0.1) is 0 Å². The Kier molecular flexibility index (Phi) is 3.65. The van der Waals surface area contributed by atoms with Crippen LogP contribution in [0.3, 0.4) is 0 Å². The van der Waals surface area contributed by atoms with Crippen molar-refractivity contribution in [1.29, 1.82) is 0 Å². The maximum Gasteiger partial charge on any atom is 0.0485 e. The zero-order chi connectivity index (χ0) is 14.0. The van der Waals surface area contributed by atoms with E-state index in [9.17, 15) is 0 Å². The predicted octanol–water partition coefficient (Wildman–Crippen LogP) is 3.28. The van der Waals surface area contributed by atoms with Gasteiger partial charge in [0.2, 0.25) is 0 Å². The van der Waals surface area contributed by atoms with Gasteiger partial charge in [-0.2, -0.15) is 5.10 Å². The van der Waals surface area contributed by atoms with Gasteiger partial charge in [-0.1, -0.05) is 32.0 Å². The molecule has 1 heterocycles. The number of allylic oxidation sites excluding steroid dienone is 2. The average molecular weight is 257 g/mol. The summed E-state index contributed by atoms with van der Waals surface area (Å²) in [6.45, 7) is 8.66. The van der Waals surface area contributed by atoms with Crippen molar-refractivity contribution in [2.45, 2.75) is 39.2 Å². The van der Waals surface area contributed by atoms with Gasteiger partial charge in [0.25, 0.3) is 0 Å². The molecule has 0 aromatic heterocycles. The molecule has 1 N–H and O–H groups in total. The molecular formula is C16H23N3. The Hall–Kier alpha value is -1.77. The molecule has 0 saturated carbocycles. The summed E-state index contributed by atoms with van der Waals surface area (Å²) in [6, 6.07) is 8.92. The van der Waals surface area contributed by atoms with E-state index in [1.807, 2.05) is 6.21 Å². The predicted molar refractivity (Wildman–Crippen MR) is 82.7 cm³/mol. The van der Waals surface area contributed by atoms with E-state index in [1.165, 1.54) is 16.9 Å². The highest BCUT2D eigenvalue weighted by molar-refractivity contribution is 5.79. The Labute approximate surface area is 116 Å². The van der Waals surface area contributed by atoms with Gasteiger partial charge in [0.1, 0.15) is 0 Å². The molecule has 1 aromatic carbocycles. The van der Waals surface area contributed by atoms with Gasteiger partial charge in [-0.05, 0) is 31.6 Å². The number of rotatable bonds is 3. The van der Waals surface area contributed by atoms with E-state index in [2.05, 4.69) is 80.5 Å². The molecule has 19 heavy (non-hydrogen) atoms. The molecule has 0 saturated heterocycles. The molecule has 2 rings (SSSR count). The second-order valence-electron chi connectivity index (χ2n) is 5.82. The minimum absolute atomic E-state index is 0.0230. The van der Waals surface area contributed by atoms with E-state index in [0.29, 0.717) is 6.04 Å². The molecule has 3 nitrogen and oxygen atoms in total. The number of nitrogens with one attached hydrogen (secondary N) is 1. The number of nitrogens with zero attached hydrogens (tertiary/aromatic N) is 2. The van der Waals surface area contributed by atoms with Crippen molar-refractivity contribution >= 4 is 11.9 Å². The van der Waals surface area contributed by atoms with Gasteiger partial charge in [-0.25, -0.2) is 0 Å². The Bertz CT molecular complexity index is 512. The fraction of sp³-hybridized carbons (Fsp3) is 0.438. The van der Waals surface area contributed by atoms with Crippen LogP contribution < -0.4 is 10.3 Å². The summed E-state index contributed by atoms with van der Waals surface area (Å²) < 4.78 is 0. The van der Waals surface area contributed by atoms with Crippen LogP contribution in [0.5, 0.6) is 0 Å². The highest BCUT2D eigenvalue weighted by atomic mass is 15.3. The van der Waals surface area contributed by atoms with Gasteiger partial charge in [0, 0.05) is 36.1 Å². The van der Waals surface area contributed by atoms with Crippen molar-refractivity contribution < 1.29 is 0 Å². The number of benzene rings is 1. The lowest BCUT2D eigenvalue weighted by atomic mass is 9.84. The van der Waals surface area contributed by atoms with Gasteiger partial charge in [0.15, 0.2) is 0 Å². The van der Waals surface area contributed by atoms with Gasteiger partial charge >= 0.3 is 0 Å². The summed E-state index contributed by atoms with van der Waals surface area (Å²) >= 11 is 0. The second kappa shape index (κ2) is 5.08. The summed E-state index contributed by atoms with van der Waals surface area (Å²) in [4.78, 5) is 2.25. The highest BCUT2D eigenvalue weighted by Gasteiger charge is 2.37. The first kappa shape index (κ1) is 13.7. The number of likely N-dealkylation sites (N-methyl/N-ethyl adjacent to an activating group) is 1. The van der Waals surface area contributed by atoms with Crippen molar-refractivity contribution in [2.24, 2.45) is 5.10 Å². The second-order valence-corrected chi connectivity index (χ2v) is 5.82. The number of hydrogen-bond acceptors (Lipinski definition) is 3. The molecule has 0 atom stereocenters. The van der Waals surface area contributed by atoms with E-state index in [1.54, 1.807) is 0 Å². The van der Waals surface area contributed by atoms with Crippen LogP contribution in [0, 0.1) is 0 Å². The van der Waals surface area contributed by atoms with Gasteiger partial charge < -0.3 is 10.3 Å². The zero-order valence-corrected chi connectivity index (χ0v) is 12.4. The third kappa shape index (κ3) is 2.50. The standard InChI is InChI=1S/C16H23N3/c1-12(2)18-17-11-10-15-16(3,4)13-8-6-7-9-14(13)19(15)5/h6-12,18H,1-5H3/b15-10+,17-11+. The van der Waals surface area contributed by atoms with E-state index >= 15 is 0 Å². The lowest BCUT2D eigenvalue weighted by Gasteiger charge is -2.23. The van der Waals surface area contributed by atoms with Crippen LogP contribution in [0.25, 0.3) is 0 Å². The summed E-state index contributed by atoms with van der Waals surface area (Å²) in [5.74, 6) is 0. The summed E-state index contributed by atoms with van der Waals surface area (Å²) in [5, 5.41) is 4.22. The SMILES string of the molecule is CC(C)N/N=C/C=C1/N(C)c2ccccc2C1(C)C. The van der Waals surface area contributed by atoms with Crippen LogP contribution >= 0.6 is 0 Å². The third-order valence-electron chi connectivity index (χ3n) is 3.58. The molecule has 0 amide bonds. The highest BCUT2D eigenvalue weighted by Crippen LogP contribution is 2.46. The monoisotopic (exact) mass is 257 g/mol. The third-order valence-corrected chi connectivity index (χ3v) is 3.58. The summed E-state index contributed by atoms with van der Waals surface area (Å²) in [5.41, 5.74) is 6.98. The van der Waals surface area contributed by atoms with E-state index in [0.717, 1.165) is 0 Å². The zero-order valence-electron chi connectivity index (χ0n) is 12.4. The first-order valence-corrected chi connectivity index (χ1v) is 6.77. The van der Waals surface area contributed by atoms with E-state index in [4.69, 9.17) is 0 Å². The number of hydrogen-bond donors (Lipinski definition) is 1. The number of para-hydroxylation sites is 1. The molecule has 1 aliphatic rings. The molecule has 0 bridgehead atoms. The Morgan fingerprint density at radius 2 is 1.95 bits per heavy atom. The van der Waals surface area contributed by atoms with Crippen LogP contribution in [0.15, 0.2) is 41.1 Å². The van der Waals surface area contributed by atoms with Crippen LogP contribution in [0.2, 0.25) is 0 Å². The number of hydrazone groups is 1. The number of fused-ring (bicyclic) bond motifs is 1. The van der Waals surface area contributed by atoms with E-state index in [-0.39, 0.29) is 5.41 Å². The van der Waals surface area contributed by atoms with Crippen LogP contribution in [-0.4, -0.2) is 19.3 Å². The van der Waals surface area contributed by atoms with Crippen LogP contribution in [-0.2, 0) is 5.41 Å². The lowest BCUT2D eigenvalue weighted by molar-refractivity contribution is 0.622. The molecule has 102 valence electrons. The minimum Gasteiger partial charge on any atom is -0.347 e. The smallest absolute Gasteiger partial charge is 0.0485 e. The normalized spacial score (nSPS) is 19.5. The maximum atomic E-state index is 4.22. The first-order valence-electron chi connectivity index (χ1n) is 6.77. The fourth-order valence-corrected chi connectivity index (χ4v) is 2.60. The molecule has 0 spiro atoms. The quantitative estimate of drug-likeness (QED) is 0.664. The van der Waals surface area contributed by atoms with E-state index < -0.39 is 0 Å². The van der Waals surface area contributed by atoms with Crippen molar-refractivity contribution in [3.63, 3.8) is 0 Å². The number of anilines is 1. The summed E-state index contributed by atoms with van der Waals surface area (Å²) in [7, 11) is 2.11. The molecular weight excluding hydrogens is 234 g/mol. The first-order chi connectivity index (χ1) is 8.94. The maximum absolute atomic E-state index is 4.22. The van der Waals surface area contributed by atoms with Crippen molar-refractivity contribution in [1.82, 2.24) is 5.43 Å².